The van der Waals surface area contributed by atoms with Crippen LogP contribution >= 0.6 is 0 Å². The maximum Gasteiger partial charge on any atom is 0.401 e. The van der Waals surface area contributed by atoms with Crippen molar-refractivity contribution in [3.63, 3.8) is 0 Å². The Labute approximate surface area is 110 Å². The van der Waals surface area contributed by atoms with E-state index in [0.29, 0.717) is 25.9 Å². The molecule has 0 unspecified atom stereocenters. The third-order valence-electron chi connectivity index (χ3n) is 3.12. The number of rotatable bonds is 4. The van der Waals surface area contributed by atoms with Gasteiger partial charge in [-0.2, -0.15) is 13.2 Å². The summed E-state index contributed by atoms with van der Waals surface area (Å²) in [5.74, 6) is -0.245. The van der Waals surface area contributed by atoms with Gasteiger partial charge in [0, 0.05) is 32.0 Å². The van der Waals surface area contributed by atoms with Gasteiger partial charge >= 0.3 is 6.18 Å². The molecule has 110 valence electrons. The van der Waals surface area contributed by atoms with Crippen LogP contribution in [0.3, 0.4) is 0 Å². The van der Waals surface area contributed by atoms with Gasteiger partial charge < -0.3 is 4.90 Å². The summed E-state index contributed by atoms with van der Waals surface area (Å²) in [5.41, 5.74) is 0. The first-order valence-corrected chi connectivity index (χ1v) is 6.29. The third-order valence-corrected chi connectivity index (χ3v) is 3.12. The molecule has 0 spiro atoms. The summed E-state index contributed by atoms with van der Waals surface area (Å²) in [4.78, 5) is 25.5. The molecule has 0 aromatic carbocycles. The number of hydrogen-bond acceptors (Lipinski definition) is 3. The van der Waals surface area contributed by atoms with Crippen molar-refractivity contribution in [3.8, 4) is 0 Å². The first-order valence-electron chi connectivity index (χ1n) is 6.29. The minimum Gasteiger partial charge on any atom is -0.341 e. The Balaban J connectivity index is 2.54. The number of alkyl halides is 3. The van der Waals surface area contributed by atoms with E-state index in [1.807, 2.05) is 0 Å². The van der Waals surface area contributed by atoms with Crippen LogP contribution in [0.4, 0.5) is 13.2 Å². The van der Waals surface area contributed by atoms with Crippen molar-refractivity contribution in [2.45, 2.75) is 38.9 Å². The minimum absolute atomic E-state index is 0.0973. The maximum atomic E-state index is 12.4. The van der Waals surface area contributed by atoms with Crippen LogP contribution in [0, 0.1) is 0 Å². The number of piperidine rings is 1. The molecule has 1 saturated heterocycles. The molecule has 19 heavy (non-hydrogen) atoms. The Morgan fingerprint density at radius 1 is 1.32 bits per heavy atom. The van der Waals surface area contributed by atoms with Gasteiger partial charge in [0.1, 0.15) is 5.78 Å². The SMILES string of the molecule is CC(C)N(CC(=O)N1CCC(=O)CC1)CC(F)(F)F. The Morgan fingerprint density at radius 2 is 1.84 bits per heavy atom. The second-order valence-corrected chi connectivity index (χ2v) is 5.03. The number of nitrogens with zero attached hydrogens (tertiary/aromatic N) is 2. The first kappa shape index (κ1) is 15.9. The van der Waals surface area contributed by atoms with Gasteiger partial charge in [-0.1, -0.05) is 0 Å². The van der Waals surface area contributed by atoms with Crippen LogP contribution in [-0.2, 0) is 9.59 Å². The van der Waals surface area contributed by atoms with E-state index < -0.39 is 12.7 Å². The lowest BCUT2D eigenvalue weighted by Gasteiger charge is -2.31. The highest BCUT2D eigenvalue weighted by Crippen LogP contribution is 2.18. The van der Waals surface area contributed by atoms with Crippen molar-refractivity contribution in [2.24, 2.45) is 0 Å². The van der Waals surface area contributed by atoms with Crippen LogP contribution < -0.4 is 0 Å². The van der Waals surface area contributed by atoms with E-state index in [0.717, 1.165) is 4.90 Å². The van der Waals surface area contributed by atoms with Crippen molar-refractivity contribution in [2.75, 3.05) is 26.2 Å². The van der Waals surface area contributed by atoms with Gasteiger partial charge in [0.25, 0.3) is 0 Å². The van der Waals surface area contributed by atoms with Crippen LogP contribution in [-0.4, -0.2) is 59.9 Å². The predicted octanol–water partition coefficient (Wildman–Crippen LogP) is 1.45. The van der Waals surface area contributed by atoms with Gasteiger partial charge in [-0.15, -0.1) is 0 Å². The highest BCUT2D eigenvalue weighted by Gasteiger charge is 2.33. The largest absolute Gasteiger partial charge is 0.401 e. The fourth-order valence-corrected chi connectivity index (χ4v) is 1.93. The van der Waals surface area contributed by atoms with E-state index in [1.165, 1.54) is 4.90 Å². The number of hydrogen-bond donors (Lipinski definition) is 0. The van der Waals surface area contributed by atoms with Gasteiger partial charge in [0.05, 0.1) is 13.1 Å². The van der Waals surface area contributed by atoms with E-state index in [9.17, 15) is 22.8 Å². The predicted molar refractivity (Wildman–Crippen MR) is 63.6 cm³/mol. The van der Waals surface area contributed by atoms with E-state index in [2.05, 4.69) is 0 Å². The van der Waals surface area contributed by atoms with Crippen LogP contribution in [0.1, 0.15) is 26.7 Å². The molecular formula is C12H19F3N2O2. The topological polar surface area (TPSA) is 40.6 Å². The minimum atomic E-state index is -4.32. The summed E-state index contributed by atoms with van der Waals surface area (Å²) in [7, 11) is 0. The molecule has 1 rings (SSSR count). The lowest BCUT2D eigenvalue weighted by Crippen LogP contribution is -2.48. The van der Waals surface area contributed by atoms with Gasteiger partial charge in [0.2, 0.25) is 5.91 Å². The summed E-state index contributed by atoms with van der Waals surface area (Å²) >= 11 is 0. The summed E-state index contributed by atoms with van der Waals surface area (Å²) in [6.07, 6.45) is -3.72. The van der Waals surface area contributed by atoms with Gasteiger partial charge in [-0.25, -0.2) is 0 Å². The van der Waals surface area contributed by atoms with E-state index in [1.54, 1.807) is 13.8 Å². The summed E-state index contributed by atoms with van der Waals surface area (Å²) in [6, 6.07) is -0.364. The van der Waals surface area contributed by atoms with E-state index in [4.69, 9.17) is 0 Å². The summed E-state index contributed by atoms with van der Waals surface area (Å²) in [5, 5.41) is 0. The van der Waals surface area contributed by atoms with Crippen molar-refractivity contribution in [3.05, 3.63) is 0 Å². The zero-order valence-electron chi connectivity index (χ0n) is 11.2. The Kier molecular flexibility index (Phi) is 5.34. The molecule has 0 radical (unpaired) electrons. The van der Waals surface area contributed by atoms with E-state index >= 15 is 0 Å². The van der Waals surface area contributed by atoms with Gasteiger partial charge in [0.15, 0.2) is 0 Å². The number of halogens is 3. The van der Waals surface area contributed by atoms with Gasteiger partial charge in [-0.3, -0.25) is 14.5 Å². The molecule has 1 amide bonds. The molecule has 7 heteroatoms. The Bertz CT molecular complexity index is 332. The highest BCUT2D eigenvalue weighted by molar-refractivity contribution is 5.84. The van der Waals surface area contributed by atoms with Gasteiger partial charge in [-0.05, 0) is 13.8 Å². The molecule has 0 N–H and O–H groups in total. The zero-order chi connectivity index (χ0) is 14.6. The van der Waals surface area contributed by atoms with Crippen molar-refractivity contribution in [1.82, 2.24) is 9.80 Å². The van der Waals surface area contributed by atoms with Crippen molar-refractivity contribution < 1.29 is 22.8 Å². The second kappa shape index (κ2) is 6.36. The fraction of sp³-hybridized carbons (Fsp3) is 0.833. The normalized spacial score (nSPS) is 17.4. The number of likely N-dealkylation sites (tertiary alicyclic amines) is 1. The summed E-state index contributed by atoms with van der Waals surface area (Å²) < 4.78 is 37.2. The Morgan fingerprint density at radius 3 is 2.26 bits per heavy atom. The molecule has 1 aliphatic heterocycles. The molecule has 1 fully saturated rings. The number of carbonyl (C=O) groups is 2. The molecular weight excluding hydrogens is 261 g/mol. The summed E-state index contributed by atoms with van der Waals surface area (Å²) in [6.45, 7) is 2.53. The zero-order valence-corrected chi connectivity index (χ0v) is 11.2. The van der Waals surface area contributed by atoms with Crippen LogP contribution in [0.15, 0.2) is 0 Å². The average molecular weight is 280 g/mol. The highest BCUT2D eigenvalue weighted by atomic mass is 19.4. The van der Waals surface area contributed by atoms with E-state index in [-0.39, 0.29) is 24.3 Å². The molecule has 0 atom stereocenters. The van der Waals surface area contributed by atoms with Crippen molar-refractivity contribution >= 4 is 11.7 Å². The third kappa shape index (κ3) is 5.59. The average Bonchev–Trinajstić information content (AvgIpc) is 2.27. The quantitative estimate of drug-likeness (QED) is 0.782. The molecule has 0 saturated carbocycles. The number of Topliss-reactive ketones (excluding diaryl/α,β-unsaturated/α-hetero) is 1. The number of ketones is 1. The van der Waals surface area contributed by atoms with Crippen LogP contribution in [0.25, 0.3) is 0 Å². The number of amides is 1. The monoisotopic (exact) mass is 280 g/mol. The standard InChI is InChI=1S/C12H19F3N2O2/c1-9(2)17(8-12(13,14)15)7-11(19)16-5-3-10(18)4-6-16/h9H,3-8H2,1-2H3. The number of carbonyl (C=O) groups excluding carboxylic acids is 2. The molecule has 4 nitrogen and oxygen atoms in total. The lowest BCUT2D eigenvalue weighted by molar-refractivity contribution is -0.155. The molecule has 0 bridgehead atoms. The molecule has 0 aromatic heterocycles. The van der Waals surface area contributed by atoms with Crippen LogP contribution in [0.5, 0.6) is 0 Å². The Hall–Kier alpha value is -1.11. The molecule has 1 aliphatic rings. The molecule has 1 heterocycles. The molecule has 0 aromatic rings. The maximum absolute atomic E-state index is 12.4. The smallest absolute Gasteiger partial charge is 0.341 e. The lowest BCUT2D eigenvalue weighted by atomic mass is 10.1. The first-order chi connectivity index (χ1) is 8.69. The molecule has 0 aliphatic carbocycles. The van der Waals surface area contributed by atoms with Crippen molar-refractivity contribution in [1.29, 1.82) is 0 Å². The second-order valence-electron chi connectivity index (χ2n) is 5.03. The van der Waals surface area contributed by atoms with Crippen LogP contribution in [0.2, 0.25) is 0 Å². The fourth-order valence-electron chi connectivity index (χ4n) is 1.93.